The first-order chi connectivity index (χ1) is 13.1. The monoisotopic (exact) mass is 358 g/mol. The molecule has 0 aliphatic heterocycles. The van der Waals surface area contributed by atoms with Crippen LogP contribution in [0.4, 0.5) is 0 Å². The van der Waals surface area contributed by atoms with E-state index >= 15 is 0 Å². The molecule has 136 valence electrons. The van der Waals surface area contributed by atoms with Gasteiger partial charge in [-0.15, -0.1) is 0 Å². The van der Waals surface area contributed by atoms with Crippen LogP contribution in [0.2, 0.25) is 0 Å². The zero-order valence-corrected chi connectivity index (χ0v) is 15.6. The Balaban J connectivity index is 1.71. The van der Waals surface area contributed by atoms with Crippen molar-refractivity contribution in [2.75, 3.05) is 0 Å². The quantitative estimate of drug-likeness (QED) is 0.746. The number of aromatic nitrogens is 2. The molecule has 1 heterocycles. The summed E-state index contributed by atoms with van der Waals surface area (Å²) in [7, 11) is 0. The van der Waals surface area contributed by atoms with Crippen LogP contribution in [-0.2, 0) is 12.8 Å². The van der Waals surface area contributed by atoms with Gasteiger partial charge in [0, 0.05) is 17.2 Å². The van der Waals surface area contributed by atoms with Crippen LogP contribution < -0.4 is 5.73 Å². The second-order valence-corrected chi connectivity index (χ2v) is 7.52. The summed E-state index contributed by atoms with van der Waals surface area (Å²) in [6.45, 7) is 4.28. The lowest BCUT2D eigenvalue weighted by molar-refractivity contribution is 0.432. The van der Waals surface area contributed by atoms with Gasteiger partial charge in [0.1, 0.15) is 0 Å². The predicted molar refractivity (Wildman–Crippen MR) is 104 cm³/mol. The normalized spacial score (nSPS) is 15.7. The molecule has 0 bridgehead atoms. The van der Waals surface area contributed by atoms with E-state index < -0.39 is 0 Å². The van der Waals surface area contributed by atoms with Gasteiger partial charge in [-0.3, -0.25) is 0 Å². The minimum absolute atomic E-state index is 0.0865. The average molecular weight is 358 g/mol. The van der Waals surface area contributed by atoms with Gasteiger partial charge in [0.25, 0.3) is 5.89 Å². The molecule has 0 spiro atoms. The van der Waals surface area contributed by atoms with Crippen LogP contribution in [0, 0.1) is 17.2 Å². The molecule has 1 atom stereocenters. The smallest absolute Gasteiger partial charge is 0.258 e. The van der Waals surface area contributed by atoms with Crippen LogP contribution in [0.1, 0.15) is 48.6 Å². The highest BCUT2D eigenvalue weighted by Gasteiger charge is 2.24. The van der Waals surface area contributed by atoms with Crippen LogP contribution in [0.5, 0.6) is 0 Å². The number of nitrogens with zero attached hydrogens (tertiary/aromatic N) is 3. The molecule has 0 unspecified atom stereocenters. The van der Waals surface area contributed by atoms with Gasteiger partial charge < -0.3 is 10.3 Å². The summed E-state index contributed by atoms with van der Waals surface area (Å²) in [5.41, 5.74) is 12.1. The van der Waals surface area contributed by atoms with E-state index in [-0.39, 0.29) is 6.04 Å². The van der Waals surface area contributed by atoms with Crippen molar-refractivity contribution < 1.29 is 4.52 Å². The molecule has 5 heteroatoms. The van der Waals surface area contributed by atoms with E-state index in [1.807, 2.05) is 30.3 Å². The molecule has 4 rings (SSSR count). The highest BCUT2D eigenvalue weighted by atomic mass is 16.5. The summed E-state index contributed by atoms with van der Waals surface area (Å²) in [5.74, 6) is 1.52. The number of benzene rings is 2. The number of hydrogen-bond donors (Lipinski definition) is 1. The zero-order valence-electron chi connectivity index (χ0n) is 15.6. The highest BCUT2D eigenvalue weighted by Crippen LogP contribution is 2.36. The van der Waals surface area contributed by atoms with Crippen molar-refractivity contribution in [3.8, 4) is 28.9 Å². The van der Waals surface area contributed by atoms with E-state index in [1.54, 1.807) is 0 Å². The maximum Gasteiger partial charge on any atom is 0.258 e. The second-order valence-electron chi connectivity index (χ2n) is 7.52. The van der Waals surface area contributed by atoms with Crippen LogP contribution >= 0.6 is 0 Å². The molecule has 0 saturated carbocycles. The van der Waals surface area contributed by atoms with Crippen LogP contribution in [0.15, 0.2) is 40.9 Å². The lowest BCUT2D eigenvalue weighted by atomic mass is 9.96. The van der Waals surface area contributed by atoms with Crippen molar-refractivity contribution in [1.29, 1.82) is 5.26 Å². The lowest BCUT2D eigenvalue weighted by Crippen LogP contribution is -2.04. The molecule has 1 aromatic heterocycles. The van der Waals surface area contributed by atoms with E-state index in [0.29, 0.717) is 23.2 Å². The Morgan fingerprint density at radius 2 is 2.15 bits per heavy atom. The molecule has 5 nitrogen and oxygen atoms in total. The Morgan fingerprint density at radius 1 is 1.30 bits per heavy atom. The molecule has 1 aliphatic rings. The van der Waals surface area contributed by atoms with Crippen LogP contribution in [-0.4, -0.2) is 10.1 Å². The van der Waals surface area contributed by atoms with E-state index in [0.717, 1.165) is 36.0 Å². The topological polar surface area (TPSA) is 88.7 Å². The van der Waals surface area contributed by atoms with Gasteiger partial charge in [-0.1, -0.05) is 37.2 Å². The standard InChI is InChI=1S/C22H22N4O/c1-13(2)10-16-11-14(6-7-15(16)12-23)22-25-21(26-27-22)19-5-3-4-18-17(19)8-9-20(18)24/h3-7,11,13,20H,8-10,24H2,1-2H3/t20-/m1/s1. The molecule has 2 N–H and O–H groups in total. The molecule has 2 aromatic carbocycles. The Morgan fingerprint density at radius 3 is 2.93 bits per heavy atom. The SMILES string of the molecule is CC(C)Cc1cc(-c2nc(-c3cccc4c3CC[C@H]4N)no2)ccc1C#N. The summed E-state index contributed by atoms with van der Waals surface area (Å²) in [6.07, 6.45) is 2.72. The summed E-state index contributed by atoms with van der Waals surface area (Å²) in [6, 6.07) is 14.1. The lowest BCUT2D eigenvalue weighted by Gasteiger charge is -2.08. The van der Waals surface area contributed by atoms with Crippen molar-refractivity contribution in [2.45, 2.75) is 39.2 Å². The van der Waals surface area contributed by atoms with Gasteiger partial charge in [-0.25, -0.2) is 0 Å². The molecule has 27 heavy (non-hydrogen) atoms. The third-order valence-corrected chi connectivity index (χ3v) is 5.08. The van der Waals surface area contributed by atoms with Gasteiger partial charge in [-0.05, 0) is 60.1 Å². The van der Waals surface area contributed by atoms with Crippen LogP contribution in [0.3, 0.4) is 0 Å². The summed E-state index contributed by atoms with van der Waals surface area (Å²) < 4.78 is 5.55. The molecule has 0 amide bonds. The number of nitrogens with two attached hydrogens (primary N) is 1. The number of hydrogen-bond acceptors (Lipinski definition) is 5. The molecule has 0 saturated heterocycles. The summed E-state index contributed by atoms with van der Waals surface area (Å²) >= 11 is 0. The minimum atomic E-state index is 0.0865. The maximum absolute atomic E-state index is 9.34. The first kappa shape index (κ1) is 17.4. The number of fused-ring (bicyclic) bond motifs is 1. The maximum atomic E-state index is 9.34. The largest absolute Gasteiger partial charge is 0.334 e. The third-order valence-electron chi connectivity index (χ3n) is 5.08. The van der Waals surface area contributed by atoms with Crippen molar-refractivity contribution >= 4 is 0 Å². The number of nitriles is 1. The van der Waals surface area contributed by atoms with E-state index in [2.05, 4.69) is 36.1 Å². The van der Waals surface area contributed by atoms with Gasteiger partial charge in [0.2, 0.25) is 5.82 Å². The fourth-order valence-electron chi connectivity index (χ4n) is 3.79. The predicted octanol–water partition coefficient (Wildman–Crippen LogP) is 4.42. The number of rotatable bonds is 4. The third kappa shape index (κ3) is 3.24. The first-order valence-corrected chi connectivity index (χ1v) is 9.31. The molecular weight excluding hydrogens is 336 g/mol. The average Bonchev–Trinajstić information content (AvgIpc) is 3.29. The van der Waals surface area contributed by atoms with Crippen molar-refractivity contribution in [1.82, 2.24) is 10.1 Å². The van der Waals surface area contributed by atoms with Gasteiger partial charge in [0.15, 0.2) is 0 Å². The Hall–Kier alpha value is -2.97. The zero-order chi connectivity index (χ0) is 19.0. The molecular formula is C22H22N4O. The van der Waals surface area contributed by atoms with Gasteiger partial charge in [-0.2, -0.15) is 10.2 Å². The Bertz CT molecular complexity index is 1030. The van der Waals surface area contributed by atoms with Crippen LogP contribution in [0.25, 0.3) is 22.8 Å². The van der Waals surface area contributed by atoms with Crippen molar-refractivity contribution in [3.05, 3.63) is 58.7 Å². The Kier molecular flexibility index (Phi) is 4.51. The van der Waals surface area contributed by atoms with E-state index in [4.69, 9.17) is 10.3 Å². The van der Waals surface area contributed by atoms with Crippen molar-refractivity contribution in [3.63, 3.8) is 0 Å². The fraction of sp³-hybridized carbons (Fsp3) is 0.318. The highest BCUT2D eigenvalue weighted by molar-refractivity contribution is 5.66. The molecule has 1 aliphatic carbocycles. The second kappa shape index (κ2) is 6.98. The minimum Gasteiger partial charge on any atom is -0.334 e. The van der Waals surface area contributed by atoms with Gasteiger partial charge >= 0.3 is 0 Å². The van der Waals surface area contributed by atoms with Gasteiger partial charge in [0.05, 0.1) is 11.6 Å². The van der Waals surface area contributed by atoms with E-state index in [1.165, 1.54) is 11.1 Å². The Labute approximate surface area is 158 Å². The summed E-state index contributed by atoms with van der Waals surface area (Å²) in [4.78, 5) is 4.63. The summed E-state index contributed by atoms with van der Waals surface area (Å²) in [5, 5.41) is 13.6. The first-order valence-electron chi connectivity index (χ1n) is 9.31. The van der Waals surface area contributed by atoms with Crippen molar-refractivity contribution in [2.24, 2.45) is 11.7 Å². The van der Waals surface area contributed by atoms with E-state index in [9.17, 15) is 5.26 Å². The molecule has 0 radical (unpaired) electrons. The fourth-order valence-corrected chi connectivity index (χ4v) is 3.79. The molecule has 0 fully saturated rings. The molecule has 3 aromatic rings.